The normalized spacial score (nSPS) is 24.4. The van der Waals surface area contributed by atoms with Gasteiger partial charge in [0.1, 0.15) is 11.9 Å². The number of cyclic esters (lactones) is 1. The Labute approximate surface area is 283 Å². The lowest BCUT2D eigenvalue weighted by molar-refractivity contribution is -0.304. The minimum absolute atomic E-state index is 0.198. The Hall–Kier alpha value is -2.71. The van der Waals surface area contributed by atoms with Crippen molar-refractivity contribution in [1.82, 2.24) is 0 Å². The molecule has 48 heavy (non-hydrogen) atoms. The lowest BCUT2D eigenvalue weighted by atomic mass is 9.84. The highest BCUT2D eigenvalue weighted by molar-refractivity contribution is 7.87. The van der Waals surface area contributed by atoms with Crippen LogP contribution in [-0.4, -0.2) is 58.9 Å². The molecule has 0 N–H and O–H groups in total. The summed E-state index contributed by atoms with van der Waals surface area (Å²) in [6, 6.07) is 20.7. The van der Waals surface area contributed by atoms with Crippen molar-refractivity contribution in [3.8, 4) is 0 Å². The number of ether oxygens (including phenoxy) is 3. The number of carbonyl (C=O) groups is 1. The first-order chi connectivity index (χ1) is 22.3. The van der Waals surface area contributed by atoms with Gasteiger partial charge in [-0.1, -0.05) is 95.3 Å². The maximum absolute atomic E-state index is 13.1. The van der Waals surface area contributed by atoms with Gasteiger partial charge >= 0.3 is 21.6 Å². The van der Waals surface area contributed by atoms with Gasteiger partial charge in [0.25, 0.3) is 8.32 Å². The number of carbonyl (C=O) groups excluding carboxylic acids is 1. The van der Waals surface area contributed by atoms with E-state index in [1.165, 1.54) is 0 Å². The maximum atomic E-state index is 13.1. The quantitative estimate of drug-likeness (QED) is 0.105. The molecule has 2 heterocycles. The molecule has 0 spiro atoms. The molecule has 1 fully saturated rings. The van der Waals surface area contributed by atoms with E-state index >= 15 is 0 Å². The summed E-state index contributed by atoms with van der Waals surface area (Å²) in [5.41, 5.74) is -5.63. The van der Waals surface area contributed by atoms with Gasteiger partial charge in [0, 0.05) is 6.42 Å². The van der Waals surface area contributed by atoms with E-state index in [4.69, 9.17) is 18.6 Å². The topological polar surface area (TPSA) is 97.4 Å². The molecule has 0 bridgehead atoms. The van der Waals surface area contributed by atoms with Gasteiger partial charge in [-0.2, -0.15) is 21.6 Å². The van der Waals surface area contributed by atoms with Crippen LogP contribution >= 0.6 is 0 Å². The van der Waals surface area contributed by atoms with Crippen molar-refractivity contribution in [3.05, 3.63) is 72.5 Å². The smallest absolute Gasteiger partial charge is 0.458 e. The second-order valence-electron chi connectivity index (χ2n) is 14.1. The lowest BCUT2D eigenvalue weighted by Crippen LogP contribution is -2.67. The van der Waals surface area contributed by atoms with Crippen LogP contribution in [0.1, 0.15) is 74.1 Å². The zero-order valence-electron chi connectivity index (χ0n) is 28.6. The fraction of sp³-hybridized carbons (Fsp3) is 0.571. The number of benzene rings is 2. The Kier molecular flexibility index (Phi) is 11.6. The van der Waals surface area contributed by atoms with Crippen LogP contribution in [0.5, 0.6) is 0 Å². The lowest BCUT2D eigenvalue weighted by Gasteiger charge is -2.46. The molecule has 0 radical (unpaired) electrons. The Morgan fingerprint density at radius 2 is 1.50 bits per heavy atom. The van der Waals surface area contributed by atoms with E-state index in [9.17, 15) is 26.4 Å². The number of rotatable bonds is 12. The minimum Gasteiger partial charge on any atom is -0.458 e. The molecule has 2 aromatic rings. The van der Waals surface area contributed by atoms with Crippen LogP contribution in [-0.2, 0) is 37.7 Å². The molecular weight excluding hydrogens is 666 g/mol. The molecule has 0 amide bonds. The minimum atomic E-state index is -5.94. The second kappa shape index (κ2) is 14.6. The molecule has 5 atom stereocenters. The molecule has 266 valence electrons. The SMILES string of the molecule is CC[C@@H]1C(OS(=O)(=O)C(F)(F)F)=CC(=O)O[C@@H]1[C@H](C)CC[C@@H]1C[C@@H](CO[Si](c2ccccc2)(c2ccccc2)C(C)(C)C)OC(C)(C)O1. The number of alkyl halides is 3. The summed E-state index contributed by atoms with van der Waals surface area (Å²) >= 11 is 0. The summed E-state index contributed by atoms with van der Waals surface area (Å²) < 4.78 is 92.4. The number of halogens is 3. The van der Waals surface area contributed by atoms with Gasteiger partial charge in [0.15, 0.2) is 5.79 Å². The Morgan fingerprint density at radius 1 is 0.958 bits per heavy atom. The van der Waals surface area contributed by atoms with E-state index in [1.807, 2.05) is 57.2 Å². The highest BCUT2D eigenvalue weighted by Crippen LogP contribution is 2.40. The van der Waals surface area contributed by atoms with Crippen molar-refractivity contribution in [2.24, 2.45) is 11.8 Å². The Balaban J connectivity index is 1.49. The van der Waals surface area contributed by atoms with Crippen LogP contribution in [0.15, 0.2) is 72.5 Å². The zero-order valence-corrected chi connectivity index (χ0v) is 30.4. The number of hydrogen-bond donors (Lipinski definition) is 0. The predicted octanol–water partition coefficient (Wildman–Crippen LogP) is 6.59. The van der Waals surface area contributed by atoms with Crippen molar-refractivity contribution >= 4 is 34.8 Å². The monoisotopic (exact) mass is 712 g/mol. The highest BCUT2D eigenvalue weighted by atomic mass is 32.2. The molecule has 1 saturated heterocycles. The largest absolute Gasteiger partial charge is 0.534 e. The Bertz CT molecular complexity index is 1480. The third kappa shape index (κ3) is 8.53. The van der Waals surface area contributed by atoms with Gasteiger partial charge in [-0.25, -0.2) is 4.79 Å². The van der Waals surface area contributed by atoms with E-state index in [1.54, 1.807) is 6.92 Å². The van der Waals surface area contributed by atoms with Crippen LogP contribution in [0, 0.1) is 11.8 Å². The van der Waals surface area contributed by atoms with Crippen molar-refractivity contribution < 1.29 is 49.2 Å². The molecule has 0 aliphatic carbocycles. The maximum Gasteiger partial charge on any atom is 0.534 e. The van der Waals surface area contributed by atoms with E-state index in [2.05, 4.69) is 49.2 Å². The summed E-state index contributed by atoms with van der Waals surface area (Å²) in [6.45, 7) is 14.2. The van der Waals surface area contributed by atoms with Crippen molar-refractivity contribution in [1.29, 1.82) is 0 Å². The van der Waals surface area contributed by atoms with Gasteiger partial charge in [-0.05, 0) is 54.4 Å². The van der Waals surface area contributed by atoms with Crippen LogP contribution < -0.4 is 10.4 Å². The predicted molar refractivity (Wildman–Crippen MR) is 178 cm³/mol. The van der Waals surface area contributed by atoms with Crippen molar-refractivity contribution in [2.45, 2.75) is 109 Å². The van der Waals surface area contributed by atoms with Gasteiger partial charge in [-0.3, -0.25) is 0 Å². The van der Waals surface area contributed by atoms with Gasteiger partial charge in [-0.15, -0.1) is 0 Å². The zero-order chi connectivity index (χ0) is 35.5. The highest BCUT2D eigenvalue weighted by Gasteiger charge is 2.52. The average Bonchev–Trinajstić information content (AvgIpc) is 2.99. The van der Waals surface area contributed by atoms with Gasteiger partial charge in [0.05, 0.1) is 30.8 Å². The molecule has 2 aliphatic rings. The molecule has 0 saturated carbocycles. The molecule has 4 rings (SSSR count). The second-order valence-corrected chi connectivity index (χ2v) is 19.9. The fourth-order valence-corrected chi connectivity index (χ4v) is 12.0. The van der Waals surface area contributed by atoms with Crippen molar-refractivity contribution in [3.63, 3.8) is 0 Å². The third-order valence-corrected chi connectivity index (χ3v) is 15.0. The number of esters is 1. The average molecular weight is 713 g/mol. The van der Waals surface area contributed by atoms with E-state index < -0.39 is 53.5 Å². The van der Waals surface area contributed by atoms with E-state index in [0.717, 1.165) is 10.4 Å². The first-order valence-corrected chi connectivity index (χ1v) is 19.6. The van der Waals surface area contributed by atoms with Crippen LogP contribution in [0.2, 0.25) is 5.04 Å². The summed E-state index contributed by atoms with van der Waals surface area (Å²) in [4.78, 5) is 12.3. The summed E-state index contributed by atoms with van der Waals surface area (Å²) in [6.07, 6.45) is 1.01. The number of hydrogen-bond acceptors (Lipinski definition) is 8. The molecule has 13 heteroatoms. The van der Waals surface area contributed by atoms with Crippen LogP contribution in [0.3, 0.4) is 0 Å². The molecular formula is C35H47F3O8SSi. The van der Waals surface area contributed by atoms with Crippen LogP contribution in [0.25, 0.3) is 0 Å². The Morgan fingerprint density at radius 3 is 2.00 bits per heavy atom. The third-order valence-electron chi connectivity index (χ3n) is 9.04. The van der Waals surface area contributed by atoms with Crippen LogP contribution in [0.4, 0.5) is 13.2 Å². The van der Waals surface area contributed by atoms with Gasteiger partial charge in [0.2, 0.25) is 0 Å². The summed E-state index contributed by atoms with van der Waals surface area (Å²) in [5.74, 6) is -3.64. The molecule has 2 aromatic carbocycles. The molecule has 2 aliphatic heterocycles. The van der Waals surface area contributed by atoms with Crippen molar-refractivity contribution in [2.75, 3.05) is 6.61 Å². The summed E-state index contributed by atoms with van der Waals surface area (Å²) in [7, 11) is -8.76. The van der Waals surface area contributed by atoms with E-state index in [-0.39, 0.29) is 29.6 Å². The first kappa shape index (κ1) is 38.1. The molecule has 0 aromatic heterocycles. The summed E-state index contributed by atoms with van der Waals surface area (Å²) in [5, 5.41) is 2.11. The van der Waals surface area contributed by atoms with Gasteiger partial charge < -0.3 is 22.8 Å². The standard InChI is InChI=1S/C35H47F3O8SSi/c1-8-29-30(46-47(40,41)35(36,37)38)22-31(39)43-32(29)24(2)19-20-25-21-26(45-34(6,7)44-25)23-42-48(33(3,4)5,27-15-11-9-12-16-27)28-17-13-10-14-18-28/h9-18,22,24-26,29,32H,8,19-21,23H2,1-7H3/t24-,25-,26+,29-,32-/m1/s1. The molecule has 0 unspecified atom stereocenters. The fourth-order valence-electron chi connectivity index (χ4n) is 6.93. The van der Waals surface area contributed by atoms with E-state index in [0.29, 0.717) is 31.9 Å². The molecule has 8 nitrogen and oxygen atoms in total. The first-order valence-electron chi connectivity index (χ1n) is 16.3.